The highest BCUT2D eigenvalue weighted by Gasteiger charge is 2.30. The molecule has 0 aromatic heterocycles. The summed E-state index contributed by atoms with van der Waals surface area (Å²) in [6, 6.07) is 22.8. The Bertz CT molecular complexity index is 1210. The average Bonchev–Trinajstić information content (AvgIpc) is 2.85. The number of aliphatic imine (C=N–C) groups is 1. The summed E-state index contributed by atoms with van der Waals surface area (Å²) in [4.78, 5) is 17.3. The summed E-state index contributed by atoms with van der Waals surface area (Å²) < 4.78 is 28.7. The molecule has 1 heterocycles. The lowest BCUT2D eigenvalue weighted by Gasteiger charge is -2.14. The number of anilines is 1. The summed E-state index contributed by atoms with van der Waals surface area (Å²) in [5.74, 6) is -0.554. The summed E-state index contributed by atoms with van der Waals surface area (Å²) in [6.07, 6.45) is -1.32. The molecule has 6 nitrogen and oxygen atoms in total. The second-order valence-corrected chi connectivity index (χ2v) is 8.99. The molecule has 0 aliphatic carbocycles. The third-order valence-electron chi connectivity index (χ3n) is 4.37. The van der Waals surface area contributed by atoms with E-state index in [-0.39, 0.29) is 4.90 Å². The van der Waals surface area contributed by atoms with Crippen LogP contribution in [0.4, 0.5) is 5.69 Å². The van der Waals surface area contributed by atoms with Gasteiger partial charge in [0.25, 0.3) is 5.91 Å². The van der Waals surface area contributed by atoms with E-state index in [9.17, 15) is 13.2 Å². The SMILES string of the molecule is O=C1Nc2ccccc2C(c2ccccc2)=NC1NS(=O)(=O)c1cccc(Br)c1. The van der Waals surface area contributed by atoms with E-state index in [0.717, 1.165) is 11.1 Å². The molecule has 2 N–H and O–H groups in total. The third-order valence-corrected chi connectivity index (χ3v) is 6.27. The van der Waals surface area contributed by atoms with E-state index in [2.05, 4.69) is 31.0 Å². The molecular weight excluding hydrogens is 454 g/mol. The number of carbonyl (C=O) groups is 1. The molecule has 0 saturated heterocycles. The molecule has 0 bridgehead atoms. The van der Waals surface area contributed by atoms with Crippen LogP contribution in [0.15, 0.2) is 93.2 Å². The highest BCUT2D eigenvalue weighted by molar-refractivity contribution is 9.10. The Labute approximate surface area is 176 Å². The van der Waals surface area contributed by atoms with Gasteiger partial charge in [0.1, 0.15) is 0 Å². The molecule has 29 heavy (non-hydrogen) atoms. The molecule has 0 fully saturated rings. The van der Waals surface area contributed by atoms with Crippen molar-refractivity contribution in [3.8, 4) is 0 Å². The van der Waals surface area contributed by atoms with Crippen LogP contribution < -0.4 is 10.0 Å². The first kappa shape index (κ1) is 19.5. The van der Waals surface area contributed by atoms with Gasteiger partial charge in [0.2, 0.25) is 10.0 Å². The minimum absolute atomic E-state index is 0.0397. The molecule has 146 valence electrons. The number of rotatable bonds is 4. The topological polar surface area (TPSA) is 87.6 Å². The Morgan fingerprint density at radius 3 is 2.41 bits per heavy atom. The Kier molecular flexibility index (Phi) is 5.31. The lowest BCUT2D eigenvalue weighted by molar-refractivity contribution is -0.117. The zero-order valence-corrected chi connectivity index (χ0v) is 17.4. The number of halogens is 1. The first-order chi connectivity index (χ1) is 13.9. The van der Waals surface area contributed by atoms with E-state index in [4.69, 9.17) is 0 Å². The van der Waals surface area contributed by atoms with Gasteiger partial charge in [0, 0.05) is 15.6 Å². The number of sulfonamides is 1. The molecule has 1 aliphatic rings. The third kappa shape index (κ3) is 4.14. The summed E-state index contributed by atoms with van der Waals surface area (Å²) in [5, 5.41) is 2.77. The molecule has 1 aliphatic heterocycles. The van der Waals surface area contributed by atoms with Crippen LogP contribution in [0, 0.1) is 0 Å². The summed E-state index contributed by atoms with van der Waals surface area (Å²) >= 11 is 3.26. The van der Waals surface area contributed by atoms with Gasteiger partial charge in [-0.1, -0.05) is 70.5 Å². The number of benzene rings is 3. The first-order valence-corrected chi connectivity index (χ1v) is 11.0. The number of amides is 1. The maximum atomic E-state index is 12.8. The second kappa shape index (κ2) is 7.90. The maximum Gasteiger partial charge on any atom is 0.264 e. The Morgan fingerprint density at radius 2 is 1.66 bits per heavy atom. The minimum atomic E-state index is -3.97. The van der Waals surface area contributed by atoms with Crippen LogP contribution in [-0.2, 0) is 14.8 Å². The van der Waals surface area contributed by atoms with Gasteiger partial charge in [0.15, 0.2) is 6.17 Å². The number of para-hydroxylation sites is 1. The lowest BCUT2D eigenvalue weighted by atomic mass is 10.0. The number of carbonyl (C=O) groups excluding carboxylic acids is 1. The zero-order valence-electron chi connectivity index (χ0n) is 15.0. The number of benzodiazepines with no additional fused rings is 1. The van der Waals surface area contributed by atoms with Crippen LogP contribution in [0.1, 0.15) is 11.1 Å². The normalized spacial score (nSPS) is 16.4. The predicted molar refractivity (Wildman–Crippen MR) is 115 cm³/mol. The quantitative estimate of drug-likeness (QED) is 0.612. The molecule has 3 aromatic carbocycles. The highest BCUT2D eigenvalue weighted by Crippen LogP contribution is 2.24. The van der Waals surface area contributed by atoms with E-state index in [0.29, 0.717) is 15.9 Å². The van der Waals surface area contributed by atoms with Crippen molar-refractivity contribution in [1.29, 1.82) is 0 Å². The van der Waals surface area contributed by atoms with Gasteiger partial charge in [-0.15, -0.1) is 0 Å². The average molecular weight is 470 g/mol. The molecule has 0 saturated carbocycles. The molecule has 0 spiro atoms. The van der Waals surface area contributed by atoms with Crippen LogP contribution in [0.2, 0.25) is 0 Å². The summed E-state index contributed by atoms with van der Waals surface area (Å²) in [5.41, 5.74) is 2.60. The number of fused-ring (bicyclic) bond motifs is 1. The summed E-state index contributed by atoms with van der Waals surface area (Å²) in [6.45, 7) is 0. The summed E-state index contributed by atoms with van der Waals surface area (Å²) in [7, 11) is -3.97. The van der Waals surface area contributed by atoms with Crippen molar-refractivity contribution in [3.05, 3.63) is 94.5 Å². The van der Waals surface area contributed by atoms with Crippen molar-refractivity contribution in [1.82, 2.24) is 4.72 Å². The van der Waals surface area contributed by atoms with Crippen molar-refractivity contribution < 1.29 is 13.2 Å². The van der Waals surface area contributed by atoms with Crippen molar-refractivity contribution in [2.75, 3.05) is 5.32 Å². The van der Waals surface area contributed by atoms with E-state index in [1.54, 1.807) is 24.3 Å². The number of hydrogen-bond acceptors (Lipinski definition) is 4. The number of nitrogens with one attached hydrogen (secondary N) is 2. The van der Waals surface area contributed by atoms with Crippen LogP contribution in [-0.4, -0.2) is 26.2 Å². The van der Waals surface area contributed by atoms with Crippen LogP contribution in [0.25, 0.3) is 0 Å². The van der Waals surface area contributed by atoms with Crippen molar-refractivity contribution in [2.24, 2.45) is 4.99 Å². The van der Waals surface area contributed by atoms with Crippen LogP contribution >= 0.6 is 15.9 Å². The molecule has 8 heteroatoms. The monoisotopic (exact) mass is 469 g/mol. The molecule has 4 rings (SSSR count). The number of hydrogen-bond donors (Lipinski definition) is 2. The maximum absolute atomic E-state index is 12.8. The Hall–Kier alpha value is -2.81. The van der Waals surface area contributed by atoms with Crippen molar-refractivity contribution >= 4 is 43.3 Å². The molecule has 1 unspecified atom stereocenters. The van der Waals surface area contributed by atoms with E-state index in [1.165, 1.54) is 12.1 Å². The van der Waals surface area contributed by atoms with Crippen LogP contribution in [0.3, 0.4) is 0 Å². The second-order valence-electron chi connectivity index (χ2n) is 6.36. The molecule has 0 radical (unpaired) electrons. The van der Waals surface area contributed by atoms with Gasteiger partial charge in [-0.05, 0) is 24.3 Å². The van der Waals surface area contributed by atoms with Crippen molar-refractivity contribution in [3.63, 3.8) is 0 Å². The Morgan fingerprint density at radius 1 is 0.931 bits per heavy atom. The zero-order chi connectivity index (χ0) is 20.4. The minimum Gasteiger partial charge on any atom is -0.322 e. The number of nitrogens with zero attached hydrogens (tertiary/aromatic N) is 1. The van der Waals surface area contributed by atoms with Gasteiger partial charge in [-0.25, -0.2) is 8.42 Å². The highest BCUT2D eigenvalue weighted by atomic mass is 79.9. The fraction of sp³-hybridized carbons (Fsp3) is 0.0476. The fourth-order valence-electron chi connectivity index (χ4n) is 3.01. The first-order valence-electron chi connectivity index (χ1n) is 8.75. The standard InChI is InChI=1S/C21H16BrN3O3S/c22-15-9-6-10-16(13-15)29(27,28)25-20-21(26)23-18-12-5-4-11-17(18)19(24-20)14-7-2-1-3-8-14/h1-13,20,25H,(H,23,26). The van der Waals surface area contributed by atoms with Gasteiger partial charge in [0.05, 0.1) is 16.3 Å². The van der Waals surface area contributed by atoms with Gasteiger partial charge in [-0.2, -0.15) is 4.72 Å². The Balaban J connectivity index is 1.79. The fourth-order valence-corrected chi connectivity index (χ4v) is 4.69. The van der Waals surface area contributed by atoms with Gasteiger partial charge in [-0.3, -0.25) is 9.79 Å². The molecular formula is C21H16BrN3O3S. The molecule has 3 aromatic rings. The predicted octanol–water partition coefficient (Wildman–Crippen LogP) is 3.54. The van der Waals surface area contributed by atoms with Gasteiger partial charge >= 0.3 is 0 Å². The van der Waals surface area contributed by atoms with Crippen molar-refractivity contribution in [2.45, 2.75) is 11.1 Å². The van der Waals surface area contributed by atoms with Crippen LogP contribution in [0.5, 0.6) is 0 Å². The smallest absolute Gasteiger partial charge is 0.264 e. The largest absolute Gasteiger partial charge is 0.322 e. The lowest BCUT2D eigenvalue weighted by Crippen LogP contribution is -2.42. The molecule has 1 amide bonds. The van der Waals surface area contributed by atoms with E-state index < -0.39 is 22.1 Å². The van der Waals surface area contributed by atoms with E-state index >= 15 is 0 Å². The molecule has 1 atom stereocenters. The van der Waals surface area contributed by atoms with E-state index in [1.807, 2.05) is 42.5 Å². The van der Waals surface area contributed by atoms with Gasteiger partial charge < -0.3 is 5.32 Å².